The lowest BCUT2D eigenvalue weighted by Crippen LogP contribution is -2.22. The van der Waals surface area contributed by atoms with Gasteiger partial charge in [0.25, 0.3) is 5.56 Å². The fourth-order valence-corrected chi connectivity index (χ4v) is 5.64. The molecular weight excluding hydrogens is 420 g/mol. The summed E-state index contributed by atoms with van der Waals surface area (Å²) in [5.74, 6) is -0.193. The molecule has 0 saturated heterocycles. The molecule has 9 heteroatoms. The van der Waals surface area contributed by atoms with E-state index in [1.807, 2.05) is 0 Å². The zero-order valence-electron chi connectivity index (χ0n) is 16.8. The molecule has 2 heterocycles. The largest absolute Gasteiger partial charge is 0.326 e. The Balaban J connectivity index is 1.45. The SMILES string of the molecule is CC(=O)Nc1ccc(NC(=O)CSc2nc3sc4c(c3c(=O)n2C)CCCC4)cc1. The fraction of sp³-hybridized carbons (Fsp3) is 0.333. The molecule has 0 saturated carbocycles. The number of nitrogens with zero attached hydrogens (tertiary/aromatic N) is 2. The molecule has 7 nitrogen and oxygen atoms in total. The van der Waals surface area contributed by atoms with Gasteiger partial charge in [0.15, 0.2) is 5.16 Å². The third-order valence-electron chi connectivity index (χ3n) is 4.98. The van der Waals surface area contributed by atoms with E-state index in [1.165, 1.54) is 29.1 Å². The van der Waals surface area contributed by atoms with Crippen LogP contribution in [0.15, 0.2) is 34.2 Å². The second-order valence-electron chi connectivity index (χ2n) is 7.24. The van der Waals surface area contributed by atoms with Gasteiger partial charge in [0.1, 0.15) is 4.83 Å². The van der Waals surface area contributed by atoms with Gasteiger partial charge in [-0.1, -0.05) is 11.8 Å². The Kier molecular flexibility index (Phi) is 5.92. The number of hydrogen-bond acceptors (Lipinski definition) is 6. The number of carbonyl (C=O) groups excluding carboxylic acids is 2. The van der Waals surface area contributed by atoms with Crippen LogP contribution in [-0.2, 0) is 29.5 Å². The molecule has 1 aliphatic carbocycles. The smallest absolute Gasteiger partial charge is 0.262 e. The number of rotatable bonds is 5. The highest BCUT2D eigenvalue weighted by Crippen LogP contribution is 2.34. The Labute approximate surface area is 181 Å². The molecule has 0 unspecified atom stereocenters. The summed E-state index contributed by atoms with van der Waals surface area (Å²) in [4.78, 5) is 43.1. The van der Waals surface area contributed by atoms with Gasteiger partial charge < -0.3 is 10.6 Å². The van der Waals surface area contributed by atoms with Gasteiger partial charge >= 0.3 is 0 Å². The molecule has 0 radical (unpaired) electrons. The van der Waals surface area contributed by atoms with E-state index >= 15 is 0 Å². The highest BCUT2D eigenvalue weighted by atomic mass is 32.2. The topological polar surface area (TPSA) is 93.1 Å². The van der Waals surface area contributed by atoms with Gasteiger partial charge in [0.2, 0.25) is 11.8 Å². The molecule has 0 atom stereocenters. The molecular formula is C21H22N4O3S2. The first-order valence-electron chi connectivity index (χ1n) is 9.74. The zero-order valence-corrected chi connectivity index (χ0v) is 18.4. The number of thiophene rings is 1. The molecule has 1 aromatic carbocycles. The van der Waals surface area contributed by atoms with Crippen molar-refractivity contribution in [1.82, 2.24) is 9.55 Å². The van der Waals surface area contributed by atoms with Crippen molar-refractivity contribution < 1.29 is 9.59 Å². The number of aromatic nitrogens is 2. The standard InChI is InChI=1S/C21H22N4O3S2/c1-12(26)22-13-7-9-14(10-8-13)23-17(27)11-29-21-24-19-18(20(28)25(21)2)15-5-3-4-6-16(15)30-19/h7-10H,3-6,11H2,1-2H3,(H,22,26)(H,23,27). The molecule has 30 heavy (non-hydrogen) atoms. The number of fused-ring (bicyclic) bond motifs is 3. The Bertz CT molecular complexity index is 1180. The molecule has 1 aliphatic rings. The monoisotopic (exact) mass is 442 g/mol. The van der Waals surface area contributed by atoms with E-state index in [9.17, 15) is 14.4 Å². The molecule has 0 fully saturated rings. The molecule has 2 aromatic heterocycles. The van der Waals surface area contributed by atoms with Gasteiger partial charge in [-0.3, -0.25) is 19.0 Å². The molecule has 156 valence electrons. The second kappa shape index (κ2) is 8.61. The summed E-state index contributed by atoms with van der Waals surface area (Å²) in [7, 11) is 1.71. The average Bonchev–Trinajstić information content (AvgIpc) is 3.09. The minimum absolute atomic E-state index is 0.0316. The number of nitrogens with one attached hydrogen (secondary N) is 2. The van der Waals surface area contributed by atoms with Crippen LogP contribution in [0.1, 0.15) is 30.2 Å². The molecule has 4 rings (SSSR count). The zero-order chi connectivity index (χ0) is 21.3. The van der Waals surface area contributed by atoms with Crippen LogP contribution >= 0.6 is 23.1 Å². The normalized spacial score (nSPS) is 13.1. The summed E-state index contributed by atoms with van der Waals surface area (Å²) >= 11 is 2.86. The van der Waals surface area contributed by atoms with Crippen molar-refractivity contribution in [2.75, 3.05) is 16.4 Å². The van der Waals surface area contributed by atoms with Crippen LogP contribution in [0.2, 0.25) is 0 Å². The third-order valence-corrected chi connectivity index (χ3v) is 7.19. The molecule has 3 aromatic rings. The van der Waals surface area contributed by atoms with Gasteiger partial charge in [-0.2, -0.15) is 0 Å². The predicted octanol–water partition coefficient (Wildman–Crippen LogP) is 3.56. The maximum Gasteiger partial charge on any atom is 0.262 e. The quantitative estimate of drug-likeness (QED) is 0.466. The predicted molar refractivity (Wildman–Crippen MR) is 122 cm³/mol. The van der Waals surface area contributed by atoms with Crippen LogP contribution in [0.5, 0.6) is 0 Å². The third kappa shape index (κ3) is 4.27. The van der Waals surface area contributed by atoms with E-state index in [1.54, 1.807) is 47.2 Å². The van der Waals surface area contributed by atoms with Crippen molar-refractivity contribution >= 4 is 56.5 Å². The lowest BCUT2D eigenvalue weighted by molar-refractivity contribution is -0.114. The average molecular weight is 443 g/mol. The Morgan fingerprint density at radius 1 is 1.13 bits per heavy atom. The maximum atomic E-state index is 12.9. The van der Waals surface area contributed by atoms with Crippen molar-refractivity contribution in [1.29, 1.82) is 0 Å². The highest BCUT2D eigenvalue weighted by Gasteiger charge is 2.21. The Morgan fingerprint density at radius 2 is 1.80 bits per heavy atom. The summed E-state index contributed by atoms with van der Waals surface area (Å²) in [6.45, 7) is 1.44. The van der Waals surface area contributed by atoms with Crippen LogP contribution in [-0.4, -0.2) is 27.1 Å². The fourth-order valence-electron chi connectivity index (χ4n) is 3.56. The summed E-state index contributed by atoms with van der Waals surface area (Å²) in [6, 6.07) is 6.90. The first-order valence-corrected chi connectivity index (χ1v) is 11.5. The van der Waals surface area contributed by atoms with Crippen molar-refractivity contribution in [3.8, 4) is 0 Å². The van der Waals surface area contributed by atoms with Crippen molar-refractivity contribution in [3.63, 3.8) is 0 Å². The lowest BCUT2D eigenvalue weighted by Gasteiger charge is -2.11. The van der Waals surface area contributed by atoms with Crippen molar-refractivity contribution in [3.05, 3.63) is 45.1 Å². The van der Waals surface area contributed by atoms with Crippen LogP contribution in [0, 0.1) is 0 Å². The first kappa shape index (κ1) is 20.6. The van der Waals surface area contributed by atoms with Crippen molar-refractivity contribution in [2.24, 2.45) is 7.05 Å². The number of aryl methyl sites for hydroxylation is 2. The van der Waals surface area contributed by atoms with Crippen LogP contribution < -0.4 is 16.2 Å². The summed E-state index contributed by atoms with van der Waals surface area (Å²) in [5.41, 5.74) is 2.45. The van der Waals surface area contributed by atoms with E-state index < -0.39 is 0 Å². The molecule has 0 bridgehead atoms. The Morgan fingerprint density at radius 3 is 2.50 bits per heavy atom. The van der Waals surface area contributed by atoms with E-state index in [2.05, 4.69) is 15.6 Å². The van der Waals surface area contributed by atoms with Gasteiger partial charge in [-0.05, 0) is 55.5 Å². The van der Waals surface area contributed by atoms with E-state index in [4.69, 9.17) is 0 Å². The molecule has 0 spiro atoms. The summed E-state index contributed by atoms with van der Waals surface area (Å²) in [6.07, 6.45) is 4.24. The molecule has 0 aliphatic heterocycles. The number of carbonyl (C=O) groups is 2. The van der Waals surface area contributed by atoms with Gasteiger partial charge in [-0.15, -0.1) is 11.3 Å². The van der Waals surface area contributed by atoms with Crippen LogP contribution in [0.25, 0.3) is 10.2 Å². The van der Waals surface area contributed by atoms with Gasteiger partial charge in [0.05, 0.1) is 11.1 Å². The molecule has 2 amide bonds. The number of amides is 2. The number of anilines is 2. The summed E-state index contributed by atoms with van der Waals surface area (Å²) < 4.78 is 1.55. The first-order chi connectivity index (χ1) is 14.4. The van der Waals surface area contributed by atoms with Gasteiger partial charge in [-0.25, -0.2) is 4.98 Å². The summed E-state index contributed by atoms with van der Waals surface area (Å²) in [5, 5.41) is 6.80. The number of thioether (sulfide) groups is 1. The Hall–Kier alpha value is -2.65. The number of hydrogen-bond donors (Lipinski definition) is 2. The van der Waals surface area contributed by atoms with Crippen LogP contribution in [0.4, 0.5) is 11.4 Å². The lowest BCUT2D eigenvalue weighted by atomic mass is 9.97. The molecule has 2 N–H and O–H groups in total. The number of benzene rings is 1. The van der Waals surface area contributed by atoms with Crippen LogP contribution in [0.3, 0.4) is 0 Å². The van der Waals surface area contributed by atoms with Crippen molar-refractivity contribution in [2.45, 2.75) is 37.8 Å². The minimum Gasteiger partial charge on any atom is -0.326 e. The van der Waals surface area contributed by atoms with Gasteiger partial charge in [0, 0.05) is 30.2 Å². The highest BCUT2D eigenvalue weighted by molar-refractivity contribution is 7.99. The maximum absolute atomic E-state index is 12.9. The van der Waals surface area contributed by atoms with E-state index in [0.29, 0.717) is 16.5 Å². The second-order valence-corrected chi connectivity index (χ2v) is 9.27. The minimum atomic E-state index is -0.188. The van der Waals surface area contributed by atoms with E-state index in [-0.39, 0.29) is 23.1 Å². The van der Waals surface area contributed by atoms with E-state index in [0.717, 1.165) is 35.9 Å².